The fourth-order valence-electron chi connectivity index (χ4n) is 0.707. The van der Waals surface area contributed by atoms with Crippen molar-refractivity contribution in [1.29, 1.82) is 0 Å². The Balaban J connectivity index is 2.78. The molecule has 0 aliphatic heterocycles. The smallest absolute Gasteiger partial charge is 0.413 e. The summed E-state index contributed by atoms with van der Waals surface area (Å²) >= 11 is 0. The Morgan fingerprint density at radius 3 is 2.58 bits per heavy atom. The Bertz CT molecular complexity index is 263. The van der Waals surface area contributed by atoms with Crippen molar-refractivity contribution >= 4 is 11.8 Å². The van der Waals surface area contributed by atoms with Crippen LogP contribution in [0, 0.1) is 0 Å². The van der Waals surface area contributed by atoms with Crippen LogP contribution in [0.15, 0.2) is 18.7 Å². The summed E-state index contributed by atoms with van der Waals surface area (Å²) < 4.78 is 4.50. The van der Waals surface area contributed by atoms with Crippen molar-refractivity contribution in [1.82, 2.24) is 9.97 Å². The fourth-order valence-corrected chi connectivity index (χ4v) is 0.707. The van der Waals surface area contributed by atoms with Gasteiger partial charge in [-0.2, -0.15) is 0 Å². The van der Waals surface area contributed by atoms with Crippen LogP contribution in [0.25, 0.3) is 0 Å². The number of hydrogen-bond acceptors (Lipinski definition) is 4. The van der Waals surface area contributed by atoms with E-state index in [1.165, 1.54) is 30.7 Å². The van der Waals surface area contributed by atoms with E-state index in [0.29, 0.717) is 5.69 Å². The third kappa shape index (κ3) is 1.69. The number of rotatable bonds is 1. The summed E-state index contributed by atoms with van der Waals surface area (Å²) in [4.78, 5) is 19.8. The van der Waals surface area contributed by atoms with Crippen molar-refractivity contribution in [2.45, 2.75) is 0 Å². The summed E-state index contributed by atoms with van der Waals surface area (Å²) in [6.07, 6.45) is 4.02. The molecule has 5 nitrogen and oxygen atoms in total. The Morgan fingerprint density at radius 2 is 2.08 bits per heavy atom. The minimum absolute atomic E-state index is 0.440. The van der Waals surface area contributed by atoms with Crippen LogP contribution < -0.4 is 4.90 Å². The highest BCUT2D eigenvalue weighted by Gasteiger charge is 2.09. The molecule has 0 fully saturated rings. The van der Waals surface area contributed by atoms with E-state index in [2.05, 4.69) is 14.7 Å². The van der Waals surface area contributed by atoms with E-state index in [4.69, 9.17) is 0 Å². The quantitative estimate of drug-likeness (QED) is 0.617. The first-order valence-corrected chi connectivity index (χ1v) is 3.32. The molecule has 0 atom stereocenters. The highest BCUT2D eigenvalue weighted by atomic mass is 16.5. The van der Waals surface area contributed by atoms with E-state index in [1.54, 1.807) is 7.05 Å². The molecule has 12 heavy (non-hydrogen) atoms. The fraction of sp³-hybridized carbons (Fsp3) is 0.286. The van der Waals surface area contributed by atoms with E-state index < -0.39 is 6.09 Å². The summed E-state index contributed by atoms with van der Waals surface area (Å²) in [5, 5.41) is 0. The van der Waals surface area contributed by atoms with E-state index >= 15 is 0 Å². The first-order chi connectivity index (χ1) is 5.75. The second kappa shape index (κ2) is 3.66. The molecular formula is C7H9N3O2. The van der Waals surface area contributed by atoms with Crippen LogP contribution in [0.1, 0.15) is 0 Å². The maximum Gasteiger partial charge on any atom is 0.413 e. The van der Waals surface area contributed by atoms with Crippen LogP contribution in [0.5, 0.6) is 0 Å². The molecule has 0 unspecified atom stereocenters. The lowest BCUT2D eigenvalue weighted by Crippen LogP contribution is -2.25. The van der Waals surface area contributed by atoms with Crippen LogP contribution >= 0.6 is 0 Å². The Hall–Kier alpha value is -1.65. The molecule has 0 N–H and O–H groups in total. The number of hydrogen-bond donors (Lipinski definition) is 0. The lowest BCUT2D eigenvalue weighted by Gasteiger charge is -2.13. The molecule has 1 heterocycles. The third-order valence-corrected chi connectivity index (χ3v) is 1.38. The molecule has 1 rings (SSSR count). The zero-order valence-corrected chi connectivity index (χ0v) is 6.89. The molecule has 0 saturated heterocycles. The lowest BCUT2D eigenvalue weighted by atomic mass is 10.5. The molecule has 0 saturated carbocycles. The second-order valence-electron chi connectivity index (χ2n) is 2.13. The van der Waals surface area contributed by atoms with Gasteiger partial charge in [-0.15, -0.1) is 0 Å². The number of aromatic nitrogens is 2. The molecule has 0 radical (unpaired) electrons. The number of carbonyl (C=O) groups excluding carboxylic acids is 1. The van der Waals surface area contributed by atoms with E-state index in [-0.39, 0.29) is 0 Å². The maximum atomic E-state index is 11.0. The molecule has 0 aliphatic rings. The Kier molecular flexibility index (Phi) is 2.57. The van der Waals surface area contributed by atoms with Crippen LogP contribution in [0.3, 0.4) is 0 Å². The summed E-state index contributed by atoms with van der Waals surface area (Å²) in [5.41, 5.74) is 0.601. The van der Waals surface area contributed by atoms with E-state index in [1.807, 2.05) is 0 Å². The van der Waals surface area contributed by atoms with Gasteiger partial charge in [0.25, 0.3) is 0 Å². The van der Waals surface area contributed by atoms with Gasteiger partial charge in [0.1, 0.15) is 6.33 Å². The minimum atomic E-state index is -0.440. The van der Waals surface area contributed by atoms with Gasteiger partial charge in [-0.1, -0.05) is 0 Å². The van der Waals surface area contributed by atoms with Crippen molar-refractivity contribution in [3.8, 4) is 0 Å². The summed E-state index contributed by atoms with van der Waals surface area (Å²) in [6, 6.07) is 0. The molecule has 0 aromatic carbocycles. The highest BCUT2D eigenvalue weighted by Crippen LogP contribution is 2.07. The van der Waals surface area contributed by atoms with E-state index in [9.17, 15) is 4.79 Å². The third-order valence-electron chi connectivity index (χ3n) is 1.38. The summed E-state index contributed by atoms with van der Waals surface area (Å²) in [7, 11) is 2.91. The molecular weight excluding hydrogens is 158 g/mol. The molecule has 1 aromatic heterocycles. The Morgan fingerprint density at radius 1 is 1.50 bits per heavy atom. The van der Waals surface area contributed by atoms with Gasteiger partial charge in [-0.25, -0.2) is 14.8 Å². The first-order valence-electron chi connectivity index (χ1n) is 3.32. The van der Waals surface area contributed by atoms with Crippen molar-refractivity contribution in [3.05, 3.63) is 18.7 Å². The number of methoxy groups -OCH3 is 1. The molecule has 1 aromatic rings. The largest absolute Gasteiger partial charge is 0.452 e. The number of ether oxygens (including phenoxy) is 1. The number of carbonyl (C=O) groups is 1. The Labute approximate surface area is 70.0 Å². The topological polar surface area (TPSA) is 55.3 Å². The van der Waals surface area contributed by atoms with Gasteiger partial charge in [0.05, 0.1) is 25.2 Å². The van der Waals surface area contributed by atoms with Crippen molar-refractivity contribution in [3.63, 3.8) is 0 Å². The van der Waals surface area contributed by atoms with Crippen LogP contribution in [-0.2, 0) is 4.74 Å². The number of anilines is 1. The van der Waals surface area contributed by atoms with Crippen molar-refractivity contribution in [2.75, 3.05) is 19.1 Å². The SMILES string of the molecule is COC(=O)N(C)c1cncnc1. The molecule has 1 amide bonds. The van der Waals surface area contributed by atoms with Gasteiger partial charge in [-0.05, 0) is 0 Å². The minimum Gasteiger partial charge on any atom is -0.452 e. The predicted molar refractivity (Wildman–Crippen MR) is 42.8 cm³/mol. The predicted octanol–water partition coefficient (Wildman–Crippen LogP) is 0.679. The van der Waals surface area contributed by atoms with Crippen LogP contribution in [-0.4, -0.2) is 30.2 Å². The van der Waals surface area contributed by atoms with Crippen LogP contribution in [0.4, 0.5) is 10.5 Å². The summed E-state index contributed by atoms with van der Waals surface area (Å²) in [6.45, 7) is 0. The van der Waals surface area contributed by atoms with Crippen molar-refractivity contribution in [2.24, 2.45) is 0 Å². The van der Waals surface area contributed by atoms with E-state index in [0.717, 1.165) is 0 Å². The average Bonchev–Trinajstić information content (AvgIpc) is 2.17. The lowest BCUT2D eigenvalue weighted by molar-refractivity contribution is 0.180. The summed E-state index contributed by atoms with van der Waals surface area (Å²) in [5.74, 6) is 0. The monoisotopic (exact) mass is 167 g/mol. The van der Waals surface area contributed by atoms with Gasteiger partial charge in [-0.3, -0.25) is 4.90 Å². The molecule has 0 aliphatic carbocycles. The zero-order valence-electron chi connectivity index (χ0n) is 6.89. The van der Waals surface area contributed by atoms with Crippen molar-refractivity contribution < 1.29 is 9.53 Å². The average molecular weight is 167 g/mol. The maximum absolute atomic E-state index is 11.0. The normalized spacial score (nSPS) is 9.17. The van der Waals surface area contributed by atoms with Crippen LogP contribution in [0.2, 0.25) is 0 Å². The number of nitrogens with zero attached hydrogens (tertiary/aromatic N) is 3. The molecule has 64 valence electrons. The molecule has 0 bridgehead atoms. The molecule has 0 spiro atoms. The van der Waals surface area contributed by atoms with Gasteiger partial charge in [0.15, 0.2) is 0 Å². The molecule has 5 heteroatoms. The highest BCUT2D eigenvalue weighted by molar-refractivity contribution is 5.86. The second-order valence-corrected chi connectivity index (χ2v) is 2.13. The first kappa shape index (κ1) is 8.45. The van der Waals surface area contributed by atoms with Gasteiger partial charge in [0, 0.05) is 7.05 Å². The van der Waals surface area contributed by atoms with Gasteiger partial charge < -0.3 is 4.74 Å². The standard InChI is InChI=1S/C7H9N3O2/c1-10(7(11)12-2)6-3-8-5-9-4-6/h3-5H,1-2H3. The number of amides is 1. The van der Waals surface area contributed by atoms with Gasteiger partial charge >= 0.3 is 6.09 Å². The van der Waals surface area contributed by atoms with Gasteiger partial charge in [0.2, 0.25) is 0 Å². The zero-order chi connectivity index (χ0) is 8.97.